The first-order chi connectivity index (χ1) is 17.7. The molecular formula is C29H22N4O3. The number of carbonyl (C=O) groups excluding carboxylic acids is 1. The highest BCUT2D eigenvalue weighted by Crippen LogP contribution is 2.40. The first-order valence-electron chi connectivity index (χ1n) is 11.6. The molecule has 1 aliphatic heterocycles. The van der Waals surface area contributed by atoms with Crippen LogP contribution in [-0.2, 0) is 0 Å². The van der Waals surface area contributed by atoms with Gasteiger partial charge in [0.25, 0.3) is 0 Å². The fourth-order valence-electron chi connectivity index (χ4n) is 4.50. The summed E-state index contributed by atoms with van der Waals surface area (Å²) >= 11 is 0. The zero-order valence-electron chi connectivity index (χ0n) is 19.2. The van der Waals surface area contributed by atoms with Gasteiger partial charge in [0.05, 0.1) is 29.4 Å². The van der Waals surface area contributed by atoms with Crippen LogP contribution < -0.4 is 0 Å². The van der Waals surface area contributed by atoms with E-state index in [0.29, 0.717) is 17.7 Å². The van der Waals surface area contributed by atoms with Crippen molar-refractivity contribution in [3.05, 3.63) is 126 Å². The summed E-state index contributed by atoms with van der Waals surface area (Å²) in [5, 5.41) is 21.6. The maximum Gasteiger partial charge on any atom is 0.310 e. The summed E-state index contributed by atoms with van der Waals surface area (Å²) in [6.07, 6.45) is 3.83. The normalized spacial score (nSPS) is 15.2. The molecule has 0 bridgehead atoms. The average molecular weight is 475 g/mol. The molecule has 0 fully saturated rings. The monoisotopic (exact) mass is 474 g/mol. The van der Waals surface area contributed by atoms with Gasteiger partial charge in [-0.2, -0.15) is 10.2 Å². The van der Waals surface area contributed by atoms with Gasteiger partial charge >= 0.3 is 5.91 Å². The van der Waals surface area contributed by atoms with Gasteiger partial charge in [-0.3, -0.25) is 4.79 Å². The molecule has 0 aliphatic carbocycles. The number of aromatic hydroxyl groups is 1. The van der Waals surface area contributed by atoms with E-state index in [0.717, 1.165) is 22.5 Å². The second-order valence-corrected chi connectivity index (χ2v) is 8.49. The maximum atomic E-state index is 13.5. The van der Waals surface area contributed by atoms with E-state index < -0.39 is 6.04 Å². The molecule has 0 radical (unpaired) electrons. The van der Waals surface area contributed by atoms with Crippen molar-refractivity contribution >= 4 is 11.6 Å². The Morgan fingerprint density at radius 2 is 1.61 bits per heavy atom. The summed E-state index contributed by atoms with van der Waals surface area (Å²) in [5.74, 6) is -0.0496. The van der Waals surface area contributed by atoms with Crippen molar-refractivity contribution in [1.82, 2.24) is 14.8 Å². The van der Waals surface area contributed by atoms with Crippen LogP contribution in [0.1, 0.15) is 34.1 Å². The number of carbonyl (C=O) groups is 1. The highest BCUT2D eigenvalue weighted by Gasteiger charge is 2.38. The Labute approximate surface area is 207 Å². The molecule has 3 aromatic carbocycles. The number of nitrogens with zero attached hydrogens (tertiary/aromatic N) is 4. The summed E-state index contributed by atoms with van der Waals surface area (Å²) in [6, 6.07) is 29.6. The molecule has 2 aromatic heterocycles. The second-order valence-electron chi connectivity index (χ2n) is 8.49. The van der Waals surface area contributed by atoms with E-state index in [1.807, 2.05) is 77.6 Å². The number of hydrogen-bond acceptors (Lipinski definition) is 5. The van der Waals surface area contributed by atoms with Gasteiger partial charge in [-0.05, 0) is 36.4 Å². The van der Waals surface area contributed by atoms with E-state index in [9.17, 15) is 9.90 Å². The number of phenolic OH excluding ortho intramolecular Hbond substituents is 1. The van der Waals surface area contributed by atoms with Crippen molar-refractivity contribution in [3.8, 4) is 22.7 Å². The molecule has 1 atom stereocenters. The zero-order chi connectivity index (χ0) is 24.5. The molecule has 6 rings (SSSR count). The molecule has 7 nitrogen and oxygen atoms in total. The Morgan fingerprint density at radius 3 is 2.33 bits per heavy atom. The standard InChI is InChI=1S/C29H22N4O3/c34-26-15-8-7-14-22(26)24-18-25(33(30-24)29(35)27-16-9-17-36-27)23-19-32(21-12-5-2-6-13-21)31-28(23)20-10-3-1-4-11-20/h1-17,19,25,34H,18H2/t25-/m1/s1. The smallest absolute Gasteiger partial charge is 0.310 e. The molecule has 1 N–H and O–H groups in total. The van der Waals surface area contributed by atoms with Gasteiger partial charge in [-0.1, -0.05) is 60.7 Å². The van der Waals surface area contributed by atoms with E-state index in [1.165, 1.54) is 11.3 Å². The largest absolute Gasteiger partial charge is 0.507 e. The average Bonchev–Trinajstić information content (AvgIpc) is 3.69. The molecule has 5 aromatic rings. The summed E-state index contributed by atoms with van der Waals surface area (Å²) < 4.78 is 7.24. The highest BCUT2D eigenvalue weighted by atomic mass is 16.3. The van der Waals surface area contributed by atoms with Gasteiger partial charge < -0.3 is 9.52 Å². The molecule has 36 heavy (non-hydrogen) atoms. The predicted molar refractivity (Wildman–Crippen MR) is 136 cm³/mol. The first kappa shape index (κ1) is 21.6. The number of amides is 1. The minimum atomic E-state index is -0.454. The Kier molecular flexibility index (Phi) is 5.42. The van der Waals surface area contributed by atoms with Crippen LogP contribution in [0.15, 0.2) is 119 Å². The van der Waals surface area contributed by atoms with Crippen LogP contribution >= 0.6 is 0 Å². The predicted octanol–water partition coefficient (Wildman–Crippen LogP) is 5.83. The van der Waals surface area contributed by atoms with Crippen LogP contribution in [0.2, 0.25) is 0 Å². The van der Waals surface area contributed by atoms with E-state index in [2.05, 4.69) is 0 Å². The number of hydrazone groups is 1. The lowest BCUT2D eigenvalue weighted by molar-refractivity contribution is 0.0679. The third kappa shape index (κ3) is 3.86. The Hall–Kier alpha value is -4.91. The minimum absolute atomic E-state index is 0.116. The summed E-state index contributed by atoms with van der Waals surface area (Å²) in [5.41, 5.74) is 4.65. The molecule has 1 amide bonds. The number of benzene rings is 3. The van der Waals surface area contributed by atoms with Crippen molar-refractivity contribution in [3.63, 3.8) is 0 Å². The highest BCUT2D eigenvalue weighted by molar-refractivity contribution is 6.06. The van der Waals surface area contributed by atoms with Crippen LogP contribution in [0.5, 0.6) is 5.75 Å². The van der Waals surface area contributed by atoms with Crippen LogP contribution in [0.4, 0.5) is 0 Å². The summed E-state index contributed by atoms with van der Waals surface area (Å²) in [4.78, 5) is 13.5. The van der Waals surface area contributed by atoms with Crippen LogP contribution in [0.25, 0.3) is 16.9 Å². The van der Waals surface area contributed by atoms with Crippen LogP contribution in [-0.4, -0.2) is 31.5 Å². The van der Waals surface area contributed by atoms with Crippen LogP contribution in [0.3, 0.4) is 0 Å². The van der Waals surface area contributed by atoms with E-state index >= 15 is 0 Å². The number of phenols is 1. The Morgan fingerprint density at radius 1 is 0.889 bits per heavy atom. The number of hydrogen-bond donors (Lipinski definition) is 1. The van der Waals surface area contributed by atoms with Gasteiger partial charge in [0.1, 0.15) is 5.75 Å². The lowest BCUT2D eigenvalue weighted by atomic mass is 9.96. The number of furan rings is 1. The summed E-state index contributed by atoms with van der Waals surface area (Å²) in [6.45, 7) is 0. The van der Waals surface area contributed by atoms with Crippen molar-refractivity contribution in [2.75, 3.05) is 0 Å². The maximum absolute atomic E-state index is 13.5. The molecule has 176 valence electrons. The topological polar surface area (TPSA) is 83.9 Å². The Bertz CT molecular complexity index is 1540. The van der Waals surface area contributed by atoms with Crippen molar-refractivity contribution in [2.45, 2.75) is 12.5 Å². The lowest BCUT2D eigenvalue weighted by Crippen LogP contribution is -2.27. The van der Waals surface area contributed by atoms with Crippen molar-refractivity contribution < 1.29 is 14.3 Å². The van der Waals surface area contributed by atoms with Crippen molar-refractivity contribution in [1.29, 1.82) is 0 Å². The molecule has 3 heterocycles. The quantitative estimate of drug-likeness (QED) is 0.347. The third-order valence-corrected chi connectivity index (χ3v) is 6.23. The van der Waals surface area contributed by atoms with Crippen molar-refractivity contribution in [2.24, 2.45) is 5.10 Å². The minimum Gasteiger partial charge on any atom is -0.507 e. The van der Waals surface area contributed by atoms with Gasteiger partial charge in [0, 0.05) is 29.3 Å². The third-order valence-electron chi connectivity index (χ3n) is 6.23. The molecule has 0 unspecified atom stereocenters. The molecular weight excluding hydrogens is 452 g/mol. The first-order valence-corrected chi connectivity index (χ1v) is 11.6. The fraction of sp³-hybridized carbons (Fsp3) is 0.0690. The SMILES string of the molecule is O=C(c1ccco1)N1N=C(c2ccccc2O)C[C@@H]1c1cn(-c2ccccc2)nc1-c1ccccc1. The zero-order valence-corrected chi connectivity index (χ0v) is 19.2. The van der Waals surface area contributed by atoms with Crippen LogP contribution in [0, 0.1) is 0 Å². The van der Waals surface area contributed by atoms with Gasteiger partial charge in [-0.15, -0.1) is 0 Å². The number of para-hydroxylation sites is 2. The van der Waals surface area contributed by atoms with E-state index in [4.69, 9.17) is 14.6 Å². The Balaban J connectivity index is 1.50. The van der Waals surface area contributed by atoms with E-state index in [-0.39, 0.29) is 17.4 Å². The molecule has 0 saturated carbocycles. The number of aromatic nitrogens is 2. The molecule has 0 spiro atoms. The number of rotatable bonds is 5. The molecule has 7 heteroatoms. The van der Waals surface area contributed by atoms with Gasteiger partial charge in [-0.25, -0.2) is 9.69 Å². The summed E-state index contributed by atoms with van der Waals surface area (Å²) in [7, 11) is 0. The molecule has 1 aliphatic rings. The van der Waals surface area contributed by atoms with E-state index in [1.54, 1.807) is 30.3 Å². The molecule has 0 saturated heterocycles. The van der Waals surface area contributed by atoms with Gasteiger partial charge in [0.2, 0.25) is 0 Å². The second kappa shape index (κ2) is 9.03. The fourth-order valence-corrected chi connectivity index (χ4v) is 4.50. The van der Waals surface area contributed by atoms with Gasteiger partial charge in [0.15, 0.2) is 5.76 Å². The lowest BCUT2D eigenvalue weighted by Gasteiger charge is -2.20.